The van der Waals surface area contributed by atoms with E-state index in [1.807, 2.05) is 6.92 Å². The highest BCUT2D eigenvalue weighted by molar-refractivity contribution is 7.89. The Balaban J connectivity index is 2.32. The number of anilines is 1. The number of benzene rings is 2. The third-order valence-corrected chi connectivity index (χ3v) is 5.17. The van der Waals surface area contributed by atoms with Crippen LogP contribution in [0, 0.1) is 6.92 Å². The highest BCUT2D eigenvalue weighted by Gasteiger charge is 2.17. The Labute approximate surface area is 153 Å². The minimum Gasteiger partial charge on any atom is -0.493 e. The molecule has 0 aliphatic rings. The second kappa shape index (κ2) is 8.20. The maximum Gasteiger partial charge on any atom is 0.255 e. The van der Waals surface area contributed by atoms with Gasteiger partial charge < -0.3 is 14.8 Å². The van der Waals surface area contributed by atoms with Crippen molar-refractivity contribution >= 4 is 21.6 Å². The fourth-order valence-corrected chi connectivity index (χ4v) is 3.11. The maximum absolute atomic E-state index is 12.6. The highest BCUT2D eigenvalue weighted by Crippen LogP contribution is 2.30. The van der Waals surface area contributed by atoms with E-state index in [-0.39, 0.29) is 10.5 Å². The van der Waals surface area contributed by atoms with Crippen LogP contribution in [0.4, 0.5) is 5.69 Å². The lowest BCUT2D eigenvalue weighted by atomic mass is 10.1. The van der Waals surface area contributed by atoms with Gasteiger partial charge in [0.2, 0.25) is 10.0 Å². The molecular formula is C18H22N2O5S. The van der Waals surface area contributed by atoms with Crippen LogP contribution in [0.1, 0.15) is 22.8 Å². The molecule has 2 aromatic carbocycles. The molecule has 7 nitrogen and oxygen atoms in total. The summed E-state index contributed by atoms with van der Waals surface area (Å²) in [5, 5.41) is 2.75. The molecule has 140 valence electrons. The number of carbonyl (C=O) groups excluding carboxylic acids is 1. The number of hydrogen-bond acceptors (Lipinski definition) is 5. The van der Waals surface area contributed by atoms with Crippen molar-refractivity contribution in [2.24, 2.45) is 0 Å². The van der Waals surface area contributed by atoms with Gasteiger partial charge in [-0.15, -0.1) is 0 Å². The van der Waals surface area contributed by atoms with Gasteiger partial charge in [-0.2, -0.15) is 0 Å². The molecule has 0 radical (unpaired) electrons. The smallest absolute Gasteiger partial charge is 0.255 e. The summed E-state index contributed by atoms with van der Waals surface area (Å²) in [4.78, 5) is 12.6. The van der Waals surface area contributed by atoms with Crippen LogP contribution < -0.4 is 19.5 Å². The predicted molar refractivity (Wildman–Crippen MR) is 99.5 cm³/mol. The minimum absolute atomic E-state index is 0.0278. The summed E-state index contributed by atoms with van der Waals surface area (Å²) in [6.07, 6.45) is 0. The summed E-state index contributed by atoms with van der Waals surface area (Å²) in [5.74, 6) is 0.654. The van der Waals surface area contributed by atoms with Crippen molar-refractivity contribution in [3.05, 3.63) is 47.5 Å². The summed E-state index contributed by atoms with van der Waals surface area (Å²) in [7, 11) is -0.799. The van der Waals surface area contributed by atoms with E-state index in [9.17, 15) is 13.2 Å². The Morgan fingerprint density at radius 1 is 1.12 bits per heavy atom. The van der Waals surface area contributed by atoms with E-state index in [4.69, 9.17) is 9.47 Å². The molecule has 0 heterocycles. The Morgan fingerprint density at radius 2 is 1.85 bits per heavy atom. The lowest BCUT2D eigenvalue weighted by Crippen LogP contribution is -2.20. The first-order valence-corrected chi connectivity index (χ1v) is 9.47. The summed E-state index contributed by atoms with van der Waals surface area (Å²) < 4.78 is 36.9. The van der Waals surface area contributed by atoms with Crippen LogP contribution in [-0.4, -0.2) is 35.1 Å². The molecule has 0 aliphatic carbocycles. The fraction of sp³-hybridized carbons (Fsp3) is 0.278. The monoisotopic (exact) mass is 378 g/mol. The summed E-state index contributed by atoms with van der Waals surface area (Å²) in [6, 6.07) is 9.44. The standard InChI is InChI=1S/C18H22N2O5S/c1-5-25-16-9-7-13(10-17(16)24-4)20-18(21)15-11-14(8-6-12(15)2)26(22,23)19-3/h6-11,19H,5H2,1-4H3,(H,20,21). The Morgan fingerprint density at radius 3 is 2.46 bits per heavy atom. The lowest BCUT2D eigenvalue weighted by Gasteiger charge is -2.13. The van der Waals surface area contributed by atoms with Crippen LogP contribution in [0.2, 0.25) is 0 Å². The summed E-state index contributed by atoms with van der Waals surface area (Å²) in [5.41, 5.74) is 1.45. The van der Waals surface area contributed by atoms with Gasteiger partial charge in [-0.25, -0.2) is 13.1 Å². The van der Waals surface area contributed by atoms with Crippen LogP contribution in [0.25, 0.3) is 0 Å². The van der Waals surface area contributed by atoms with Crippen LogP contribution in [0.5, 0.6) is 11.5 Å². The second-order valence-corrected chi connectivity index (χ2v) is 7.32. The number of ether oxygens (including phenoxy) is 2. The van der Waals surface area contributed by atoms with Gasteiger partial charge in [0.25, 0.3) is 5.91 Å². The average Bonchev–Trinajstić information content (AvgIpc) is 2.63. The molecule has 0 aromatic heterocycles. The highest BCUT2D eigenvalue weighted by atomic mass is 32.2. The molecule has 0 unspecified atom stereocenters. The molecular weight excluding hydrogens is 356 g/mol. The fourth-order valence-electron chi connectivity index (χ4n) is 2.35. The van der Waals surface area contributed by atoms with Crippen LogP contribution in [0.3, 0.4) is 0 Å². The van der Waals surface area contributed by atoms with Crippen molar-refractivity contribution in [3.8, 4) is 11.5 Å². The van der Waals surface area contributed by atoms with Gasteiger partial charge in [-0.05, 0) is 50.7 Å². The first-order chi connectivity index (χ1) is 12.3. The third kappa shape index (κ3) is 4.33. The number of aryl methyl sites for hydroxylation is 1. The van der Waals surface area contributed by atoms with E-state index in [0.29, 0.717) is 29.4 Å². The molecule has 2 aromatic rings. The van der Waals surface area contributed by atoms with Crippen molar-refractivity contribution in [2.45, 2.75) is 18.7 Å². The number of carbonyl (C=O) groups is 1. The molecule has 0 saturated carbocycles. The topological polar surface area (TPSA) is 93.7 Å². The quantitative estimate of drug-likeness (QED) is 0.772. The first-order valence-electron chi connectivity index (χ1n) is 7.98. The van der Waals surface area contributed by atoms with E-state index in [2.05, 4.69) is 10.0 Å². The third-order valence-electron chi connectivity index (χ3n) is 3.75. The number of nitrogens with one attached hydrogen (secondary N) is 2. The summed E-state index contributed by atoms with van der Waals surface area (Å²) >= 11 is 0. The van der Waals surface area contributed by atoms with Crippen molar-refractivity contribution in [2.75, 3.05) is 26.1 Å². The molecule has 8 heteroatoms. The zero-order valence-electron chi connectivity index (χ0n) is 15.1. The first kappa shape index (κ1) is 19.7. The van der Waals surface area contributed by atoms with E-state index in [1.54, 1.807) is 31.2 Å². The zero-order chi connectivity index (χ0) is 19.3. The molecule has 1 amide bonds. The normalized spacial score (nSPS) is 11.1. The predicted octanol–water partition coefficient (Wildman–Crippen LogP) is 2.56. The molecule has 0 aliphatic heterocycles. The minimum atomic E-state index is -3.63. The molecule has 0 atom stereocenters. The Hall–Kier alpha value is -2.58. The van der Waals surface area contributed by atoms with Gasteiger partial charge in [0.15, 0.2) is 11.5 Å². The lowest BCUT2D eigenvalue weighted by molar-refractivity contribution is 0.102. The molecule has 0 fully saturated rings. The van der Waals surface area contributed by atoms with Gasteiger partial charge in [0, 0.05) is 17.3 Å². The van der Waals surface area contributed by atoms with E-state index >= 15 is 0 Å². The van der Waals surface area contributed by atoms with E-state index < -0.39 is 15.9 Å². The Bertz CT molecular complexity index is 910. The van der Waals surface area contributed by atoms with Crippen molar-refractivity contribution in [3.63, 3.8) is 0 Å². The van der Waals surface area contributed by atoms with Crippen LogP contribution in [0.15, 0.2) is 41.3 Å². The van der Waals surface area contributed by atoms with Gasteiger partial charge >= 0.3 is 0 Å². The van der Waals surface area contributed by atoms with E-state index in [0.717, 1.165) is 0 Å². The second-order valence-electron chi connectivity index (χ2n) is 5.44. The van der Waals surface area contributed by atoms with Crippen molar-refractivity contribution in [1.82, 2.24) is 4.72 Å². The Kier molecular flexibility index (Phi) is 6.23. The summed E-state index contributed by atoms with van der Waals surface area (Å²) in [6.45, 7) is 4.10. The van der Waals surface area contributed by atoms with E-state index in [1.165, 1.54) is 26.3 Å². The molecule has 0 spiro atoms. The number of hydrogen-bond donors (Lipinski definition) is 2. The number of rotatable bonds is 7. The SMILES string of the molecule is CCOc1ccc(NC(=O)c2cc(S(=O)(=O)NC)ccc2C)cc1OC. The van der Waals surface area contributed by atoms with Crippen LogP contribution >= 0.6 is 0 Å². The molecule has 2 N–H and O–H groups in total. The van der Waals surface area contributed by atoms with Gasteiger partial charge in [-0.1, -0.05) is 6.07 Å². The van der Waals surface area contributed by atoms with Crippen molar-refractivity contribution < 1.29 is 22.7 Å². The molecule has 2 rings (SSSR count). The maximum atomic E-state index is 12.6. The number of methoxy groups -OCH3 is 1. The van der Waals surface area contributed by atoms with Gasteiger partial charge in [0.1, 0.15) is 0 Å². The van der Waals surface area contributed by atoms with Crippen LogP contribution in [-0.2, 0) is 10.0 Å². The molecule has 0 saturated heterocycles. The average molecular weight is 378 g/mol. The van der Waals surface area contributed by atoms with Gasteiger partial charge in [0.05, 0.1) is 18.6 Å². The largest absolute Gasteiger partial charge is 0.493 e. The molecule has 0 bridgehead atoms. The van der Waals surface area contributed by atoms with Crippen molar-refractivity contribution in [1.29, 1.82) is 0 Å². The number of amides is 1. The molecule has 26 heavy (non-hydrogen) atoms. The number of sulfonamides is 1. The zero-order valence-corrected chi connectivity index (χ0v) is 15.9. The van der Waals surface area contributed by atoms with Gasteiger partial charge in [-0.3, -0.25) is 4.79 Å².